The van der Waals surface area contributed by atoms with Crippen LogP contribution in [-0.4, -0.2) is 62.8 Å². The molecule has 0 aromatic carbocycles. The highest BCUT2D eigenvalue weighted by Crippen LogP contribution is 2.41. The van der Waals surface area contributed by atoms with Crippen LogP contribution in [0.3, 0.4) is 0 Å². The SMILES string of the molecule is Cc1cc(CC(=O)c2cnn(-c3cc(C4CC4)cnc3Cl)c2C)cnc1C1=CCC(N2CCOCC2)CC1. The Balaban J connectivity index is 1.14. The Kier molecular flexibility index (Phi) is 7.16. The van der Waals surface area contributed by atoms with Gasteiger partial charge in [-0.2, -0.15) is 5.10 Å². The second kappa shape index (κ2) is 10.7. The van der Waals surface area contributed by atoms with Crippen molar-refractivity contribution in [3.63, 3.8) is 0 Å². The summed E-state index contributed by atoms with van der Waals surface area (Å²) < 4.78 is 7.24. The van der Waals surface area contributed by atoms with Gasteiger partial charge < -0.3 is 4.74 Å². The summed E-state index contributed by atoms with van der Waals surface area (Å²) in [6.07, 6.45) is 13.6. The fourth-order valence-electron chi connectivity index (χ4n) is 5.82. The third kappa shape index (κ3) is 5.20. The van der Waals surface area contributed by atoms with Crippen molar-refractivity contribution < 1.29 is 9.53 Å². The largest absolute Gasteiger partial charge is 0.379 e. The molecule has 0 spiro atoms. The molecular formula is C30H34ClN5O2. The van der Waals surface area contributed by atoms with Crippen molar-refractivity contribution >= 4 is 23.0 Å². The molecule has 3 aliphatic rings. The first-order valence-electron chi connectivity index (χ1n) is 13.7. The van der Waals surface area contributed by atoms with Crippen molar-refractivity contribution in [3.05, 3.63) is 75.6 Å². The fourth-order valence-corrected chi connectivity index (χ4v) is 6.01. The maximum atomic E-state index is 13.3. The van der Waals surface area contributed by atoms with E-state index in [-0.39, 0.29) is 12.2 Å². The minimum absolute atomic E-state index is 0.0235. The summed E-state index contributed by atoms with van der Waals surface area (Å²) in [5, 5.41) is 4.89. The van der Waals surface area contributed by atoms with Gasteiger partial charge in [-0.15, -0.1) is 0 Å². The lowest BCUT2D eigenvalue weighted by Crippen LogP contribution is -2.43. The molecule has 1 saturated carbocycles. The van der Waals surface area contributed by atoms with Crippen molar-refractivity contribution in [2.24, 2.45) is 0 Å². The number of hydrogen-bond donors (Lipinski definition) is 0. The van der Waals surface area contributed by atoms with Gasteiger partial charge in [-0.05, 0) is 80.2 Å². The standard InChI is InChI=1S/C30H34ClN5O2/c1-19-13-21(16-32-29(19)23-5-7-25(8-6-23)35-9-11-38-12-10-35)14-28(37)26-18-34-36(20(26)2)27-15-24(22-3-4-22)17-33-30(27)31/h5,13,15-18,22,25H,3-4,6-12,14H2,1-2H3. The molecule has 0 bridgehead atoms. The van der Waals surface area contributed by atoms with Gasteiger partial charge in [0.05, 0.1) is 36.4 Å². The average Bonchev–Trinajstić information content (AvgIpc) is 3.71. The maximum absolute atomic E-state index is 13.3. The lowest BCUT2D eigenvalue weighted by molar-refractivity contribution is 0.0150. The average molecular weight is 532 g/mol. The van der Waals surface area contributed by atoms with Crippen LogP contribution in [-0.2, 0) is 11.2 Å². The van der Waals surface area contributed by atoms with Gasteiger partial charge in [0.1, 0.15) is 5.69 Å². The minimum atomic E-state index is 0.0235. The predicted molar refractivity (Wildman–Crippen MR) is 148 cm³/mol. The van der Waals surface area contributed by atoms with Gasteiger partial charge in [-0.1, -0.05) is 23.7 Å². The zero-order valence-electron chi connectivity index (χ0n) is 22.1. The number of morpholine rings is 1. The van der Waals surface area contributed by atoms with E-state index in [9.17, 15) is 4.79 Å². The summed E-state index contributed by atoms with van der Waals surface area (Å²) in [5.74, 6) is 0.583. The van der Waals surface area contributed by atoms with Crippen LogP contribution >= 0.6 is 11.6 Å². The number of allylic oxidation sites excluding steroid dienone is 1. The van der Waals surface area contributed by atoms with E-state index in [0.717, 1.165) is 73.8 Å². The number of ketones is 1. The first-order valence-corrected chi connectivity index (χ1v) is 14.1. The minimum Gasteiger partial charge on any atom is -0.379 e. The third-order valence-corrected chi connectivity index (χ3v) is 8.47. The van der Waals surface area contributed by atoms with Gasteiger partial charge in [-0.25, -0.2) is 9.67 Å². The Labute approximate surface area is 228 Å². The summed E-state index contributed by atoms with van der Waals surface area (Å²) in [6.45, 7) is 7.74. The van der Waals surface area contributed by atoms with Crippen LogP contribution in [0.15, 0.2) is 36.8 Å². The van der Waals surface area contributed by atoms with Crippen molar-refractivity contribution in [3.8, 4) is 5.69 Å². The zero-order valence-corrected chi connectivity index (χ0v) is 22.9. The van der Waals surface area contributed by atoms with E-state index in [1.54, 1.807) is 10.9 Å². The number of hydrogen-bond acceptors (Lipinski definition) is 6. The summed E-state index contributed by atoms with van der Waals surface area (Å²) >= 11 is 6.41. The van der Waals surface area contributed by atoms with Gasteiger partial charge in [-0.3, -0.25) is 14.7 Å². The number of carbonyl (C=O) groups excluding carboxylic acids is 1. The molecule has 0 N–H and O–H groups in total. The van der Waals surface area contributed by atoms with Crippen molar-refractivity contribution in [1.82, 2.24) is 24.6 Å². The van der Waals surface area contributed by atoms with E-state index < -0.39 is 0 Å². The van der Waals surface area contributed by atoms with Gasteiger partial charge in [0.2, 0.25) is 0 Å². The second-order valence-corrected chi connectivity index (χ2v) is 11.2. The number of aromatic nitrogens is 4. The van der Waals surface area contributed by atoms with Crippen molar-refractivity contribution in [1.29, 1.82) is 0 Å². The summed E-state index contributed by atoms with van der Waals surface area (Å²) in [4.78, 5) is 25.0. The van der Waals surface area contributed by atoms with Crippen LogP contribution in [0, 0.1) is 13.8 Å². The van der Waals surface area contributed by atoms with E-state index in [0.29, 0.717) is 22.7 Å². The Bertz CT molecular complexity index is 1390. The molecule has 3 aromatic heterocycles. The Morgan fingerprint density at radius 1 is 1.08 bits per heavy atom. The monoisotopic (exact) mass is 531 g/mol. The number of ether oxygens (including phenoxy) is 1. The van der Waals surface area contributed by atoms with Gasteiger partial charge in [0, 0.05) is 37.9 Å². The van der Waals surface area contributed by atoms with Crippen LogP contribution in [0.1, 0.15) is 76.5 Å². The molecule has 1 aliphatic heterocycles. The smallest absolute Gasteiger partial charge is 0.170 e. The number of rotatable bonds is 7. The van der Waals surface area contributed by atoms with Gasteiger partial charge in [0.15, 0.2) is 10.9 Å². The maximum Gasteiger partial charge on any atom is 0.170 e. The molecule has 1 atom stereocenters. The first-order chi connectivity index (χ1) is 18.5. The molecule has 6 rings (SSSR count). The highest BCUT2D eigenvalue weighted by atomic mass is 35.5. The predicted octanol–water partition coefficient (Wildman–Crippen LogP) is 5.50. The number of halogens is 1. The van der Waals surface area contributed by atoms with Crippen molar-refractivity contribution in [2.75, 3.05) is 26.3 Å². The van der Waals surface area contributed by atoms with Crippen molar-refractivity contribution in [2.45, 2.75) is 64.3 Å². The van der Waals surface area contributed by atoms with Crippen LogP contribution in [0.4, 0.5) is 0 Å². The molecule has 1 saturated heterocycles. The second-order valence-electron chi connectivity index (χ2n) is 10.8. The summed E-state index contributed by atoms with van der Waals surface area (Å²) in [7, 11) is 0. The van der Waals surface area contributed by atoms with Crippen LogP contribution in [0.5, 0.6) is 0 Å². The van der Waals surface area contributed by atoms with Gasteiger partial charge >= 0.3 is 0 Å². The molecule has 7 nitrogen and oxygen atoms in total. The molecule has 0 radical (unpaired) electrons. The quantitative estimate of drug-likeness (QED) is 0.296. The molecule has 8 heteroatoms. The molecule has 3 aromatic rings. The van der Waals surface area contributed by atoms with E-state index in [1.807, 2.05) is 19.3 Å². The van der Waals surface area contributed by atoms with Crippen LogP contribution in [0.25, 0.3) is 11.3 Å². The normalized spacial score (nSPS) is 20.4. The number of carbonyl (C=O) groups is 1. The number of aryl methyl sites for hydroxylation is 1. The molecule has 2 aliphatic carbocycles. The van der Waals surface area contributed by atoms with E-state index in [4.69, 9.17) is 21.3 Å². The number of nitrogens with zero attached hydrogens (tertiary/aromatic N) is 5. The van der Waals surface area contributed by atoms with E-state index in [1.165, 1.54) is 24.0 Å². The summed E-state index contributed by atoms with van der Waals surface area (Å²) in [6, 6.07) is 4.76. The Hall–Kier alpha value is -2.87. The molecule has 4 heterocycles. The molecule has 198 valence electrons. The highest BCUT2D eigenvalue weighted by Gasteiger charge is 2.26. The topological polar surface area (TPSA) is 73.1 Å². The fraction of sp³-hybridized carbons (Fsp3) is 0.467. The lowest BCUT2D eigenvalue weighted by atomic mass is 9.90. The Morgan fingerprint density at radius 2 is 1.89 bits per heavy atom. The highest BCUT2D eigenvalue weighted by molar-refractivity contribution is 6.31. The third-order valence-electron chi connectivity index (χ3n) is 8.18. The Morgan fingerprint density at radius 3 is 2.61 bits per heavy atom. The van der Waals surface area contributed by atoms with Gasteiger partial charge in [0.25, 0.3) is 0 Å². The molecule has 0 amide bonds. The summed E-state index contributed by atoms with van der Waals surface area (Å²) in [5.41, 5.74) is 7.70. The van der Waals surface area contributed by atoms with Crippen LogP contribution in [0.2, 0.25) is 5.15 Å². The zero-order chi connectivity index (χ0) is 26.2. The lowest BCUT2D eigenvalue weighted by Gasteiger charge is -2.36. The number of pyridine rings is 2. The molecule has 2 fully saturated rings. The first kappa shape index (κ1) is 25.4. The van der Waals surface area contributed by atoms with E-state index >= 15 is 0 Å². The molecular weight excluding hydrogens is 498 g/mol. The number of Topliss-reactive ketones (excluding diaryl/α,β-unsaturated/α-hetero) is 1. The van der Waals surface area contributed by atoms with Crippen LogP contribution < -0.4 is 0 Å². The van der Waals surface area contributed by atoms with E-state index in [2.05, 4.69) is 40.1 Å². The molecule has 1 unspecified atom stereocenters. The molecule has 38 heavy (non-hydrogen) atoms.